The number of nitrogens with zero attached hydrogens (tertiary/aromatic N) is 1. The molecule has 1 unspecified atom stereocenters. The molecule has 2 rings (SSSR count). The van der Waals surface area contributed by atoms with E-state index in [1.807, 2.05) is 31.2 Å². The minimum Gasteiger partial charge on any atom is -0.479 e. The van der Waals surface area contributed by atoms with Gasteiger partial charge in [-0.25, -0.2) is 9.78 Å². The number of nitrogens with one attached hydrogen (secondary N) is 1. The Morgan fingerprint density at radius 3 is 2.82 bits per heavy atom. The van der Waals surface area contributed by atoms with Crippen LogP contribution in [0.15, 0.2) is 35.8 Å². The summed E-state index contributed by atoms with van der Waals surface area (Å²) in [5, 5.41) is 14.5. The highest BCUT2D eigenvalue weighted by molar-refractivity contribution is 7.09. The van der Waals surface area contributed by atoms with Crippen molar-refractivity contribution in [3.05, 3.63) is 46.4 Å². The topological polar surface area (TPSA) is 62.2 Å². The van der Waals surface area contributed by atoms with Crippen LogP contribution < -0.4 is 5.32 Å². The molecule has 1 atom stereocenters. The van der Waals surface area contributed by atoms with E-state index in [9.17, 15) is 9.90 Å². The predicted molar refractivity (Wildman–Crippen MR) is 67.3 cm³/mol. The zero-order valence-corrected chi connectivity index (χ0v) is 10.1. The third-order valence-electron chi connectivity index (χ3n) is 2.39. The van der Waals surface area contributed by atoms with Gasteiger partial charge in [0.2, 0.25) is 0 Å². The number of thiazole rings is 1. The minimum atomic E-state index is -0.928. The molecule has 5 heteroatoms. The van der Waals surface area contributed by atoms with Crippen LogP contribution in [0.25, 0.3) is 0 Å². The second-order valence-electron chi connectivity index (χ2n) is 3.60. The van der Waals surface area contributed by atoms with Crippen molar-refractivity contribution < 1.29 is 9.90 Å². The van der Waals surface area contributed by atoms with E-state index in [0.717, 1.165) is 11.3 Å². The quantitative estimate of drug-likeness (QED) is 0.873. The van der Waals surface area contributed by atoms with Crippen molar-refractivity contribution in [1.82, 2.24) is 4.98 Å². The molecule has 0 fully saturated rings. The standard InChI is InChI=1S/C12H12N2O2S/c1-8-4-2-3-5-9(8)14-10(12(15)16)11-13-6-7-17-11/h2-7,10,14H,1H3,(H,15,16). The Bertz CT molecular complexity index is 511. The first-order valence-corrected chi connectivity index (χ1v) is 6.01. The third kappa shape index (κ3) is 2.62. The molecule has 1 heterocycles. The predicted octanol–water partition coefficient (Wildman–Crippen LogP) is 2.69. The SMILES string of the molecule is Cc1ccccc1NC(C(=O)O)c1nccs1. The maximum absolute atomic E-state index is 11.2. The molecule has 0 radical (unpaired) electrons. The van der Waals surface area contributed by atoms with Crippen LogP contribution in [-0.2, 0) is 4.79 Å². The van der Waals surface area contributed by atoms with Gasteiger partial charge in [-0.3, -0.25) is 0 Å². The van der Waals surface area contributed by atoms with Gasteiger partial charge < -0.3 is 10.4 Å². The summed E-state index contributed by atoms with van der Waals surface area (Å²) < 4.78 is 0. The number of rotatable bonds is 4. The Balaban J connectivity index is 2.26. The van der Waals surface area contributed by atoms with Gasteiger partial charge in [-0.15, -0.1) is 11.3 Å². The largest absolute Gasteiger partial charge is 0.479 e. The van der Waals surface area contributed by atoms with E-state index in [4.69, 9.17) is 0 Å². The monoisotopic (exact) mass is 248 g/mol. The number of carboxylic acid groups (broad SMARTS) is 1. The summed E-state index contributed by atoms with van der Waals surface area (Å²) >= 11 is 1.33. The van der Waals surface area contributed by atoms with E-state index in [1.165, 1.54) is 11.3 Å². The summed E-state index contributed by atoms with van der Waals surface area (Å²) in [6.07, 6.45) is 1.61. The molecule has 4 nitrogen and oxygen atoms in total. The molecule has 0 saturated carbocycles. The first-order valence-electron chi connectivity index (χ1n) is 5.13. The van der Waals surface area contributed by atoms with Gasteiger partial charge >= 0.3 is 5.97 Å². The lowest BCUT2D eigenvalue weighted by molar-refractivity contribution is -0.138. The Morgan fingerprint density at radius 1 is 1.47 bits per heavy atom. The van der Waals surface area contributed by atoms with Crippen molar-refractivity contribution in [1.29, 1.82) is 0 Å². The van der Waals surface area contributed by atoms with E-state index in [2.05, 4.69) is 10.3 Å². The van der Waals surface area contributed by atoms with E-state index in [0.29, 0.717) is 5.01 Å². The molecule has 0 aliphatic carbocycles. The number of aryl methyl sites for hydroxylation is 1. The second kappa shape index (κ2) is 4.97. The summed E-state index contributed by atoms with van der Waals surface area (Å²) in [6.45, 7) is 1.93. The Labute approximate surface area is 103 Å². The van der Waals surface area contributed by atoms with Gasteiger partial charge in [-0.05, 0) is 18.6 Å². The van der Waals surface area contributed by atoms with Crippen molar-refractivity contribution in [3.8, 4) is 0 Å². The summed E-state index contributed by atoms with van der Waals surface area (Å²) in [5.41, 5.74) is 1.82. The molecule has 17 heavy (non-hydrogen) atoms. The number of anilines is 1. The van der Waals surface area contributed by atoms with Crippen molar-refractivity contribution >= 4 is 23.0 Å². The molecule has 2 aromatic rings. The van der Waals surface area contributed by atoms with Crippen LogP contribution in [0.5, 0.6) is 0 Å². The summed E-state index contributed by atoms with van der Waals surface area (Å²) in [4.78, 5) is 15.3. The summed E-state index contributed by atoms with van der Waals surface area (Å²) in [5.74, 6) is -0.928. The van der Waals surface area contributed by atoms with E-state index < -0.39 is 12.0 Å². The first-order chi connectivity index (χ1) is 8.18. The molecule has 0 amide bonds. The fourth-order valence-corrected chi connectivity index (χ4v) is 2.18. The van der Waals surface area contributed by atoms with E-state index in [-0.39, 0.29) is 0 Å². The normalized spacial score (nSPS) is 12.1. The smallest absolute Gasteiger partial charge is 0.333 e. The van der Waals surface area contributed by atoms with Crippen molar-refractivity contribution in [2.75, 3.05) is 5.32 Å². The van der Waals surface area contributed by atoms with E-state index in [1.54, 1.807) is 11.6 Å². The fraction of sp³-hybridized carbons (Fsp3) is 0.167. The Kier molecular flexibility index (Phi) is 3.39. The zero-order chi connectivity index (χ0) is 12.3. The number of hydrogen-bond acceptors (Lipinski definition) is 4. The van der Waals surface area contributed by atoms with Crippen LogP contribution in [0.4, 0.5) is 5.69 Å². The molecular formula is C12H12N2O2S. The number of hydrogen-bond donors (Lipinski definition) is 2. The second-order valence-corrected chi connectivity index (χ2v) is 4.53. The zero-order valence-electron chi connectivity index (χ0n) is 9.25. The molecule has 2 N–H and O–H groups in total. The lowest BCUT2D eigenvalue weighted by Gasteiger charge is -2.15. The van der Waals surface area contributed by atoms with Crippen LogP contribution in [-0.4, -0.2) is 16.1 Å². The van der Waals surface area contributed by atoms with Gasteiger partial charge in [0.15, 0.2) is 6.04 Å². The lowest BCUT2D eigenvalue weighted by atomic mass is 10.2. The van der Waals surface area contributed by atoms with Gasteiger partial charge in [-0.2, -0.15) is 0 Å². The number of para-hydroxylation sites is 1. The third-order valence-corrected chi connectivity index (χ3v) is 3.23. The minimum absolute atomic E-state index is 0.556. The number of carboxylic acids is 1. The highest BCUT2D eigenvalue weighted by atomic mass is 32.1. The average molecular weight is 248 g/mol. The molecule has 88 valence electrons. The highest BCUT2D eigenvalue weighted by Gasteiger charge is 2.22. The number of carbonyl (C=O) groups is 1. The van der Waals surface area contributed by atoms with Crippen molar-refractivity contribution in [2.45, 2.75) is 13.0 Å². The Morgan fingerprint density at radius 2 is 2.24 bits per heavy atom. The fourth-order valence-electron chi connectivity index (χ4n) is 1.50. The van der Waals surface area contributed by atoms with Crippen molar-refractivity contribution in [3.63, 3.8) is 0 Å². The molecule has 0 bridgehead atoms. The summed E-state index contributed by atoms with van der Waals surface area (Å²) in [7, 11) is 0. The molecule has 0 aliphatic heterocycles. The average Bonchev–Trinajstić information content (AvgIpc) is 2.81. The summed E-state index contributed by atoms with van der Waals surface area (Å²) in [6, 6.07) is 6.79. The van der Waals surface area contributed by atoms with Gasteiger partial charge in [-0.1, -0.05) is 18.2 Å². The Hall–Kier alpha value is -1.88. The van der Waals surface area contributed by atoms with Crippen LogP contribution in [0, 0.1) is 6.92 Å². The molecule has 0 spiro atoms. The van der Waals surface area contributed by atoms with Gasteiger partial charge in [0, 0.05) is 17.3 Å². The maximum atomic E-state index is 11.2. The maximum Gasteiger partial charge on any atom is 0.333 e. The van der Waals surface area contributed by atoms with Crippen LogP contribution >= 0.6 is 11.3 Å². The highest BCUT2D eigenvalue weighted by Crippen LogP contribution is 2.23. The van der Waals surface area contributed by atoms with Crippen LogP contribution in [0.2, 0.25) is 0 Å². The lowest BCUT2D eigenvalue weighted by Crippen LogP contribution is -2.20. The first kappa shape index (κ1) is 11.6. The van der Waals surface area contributed by atoms with Crippen LogP contribution in [0.1, 0.15) is 16.6 Å². The number of benzene rings is 1. The van der Waals surface area contributed by atoms with Crippen molar-refractivity contribution in [2.24, 2.45) is 0 Å². The van der Waals surface area contributed by atoms with Crippen LogP contribution in [0.3, 0.4) is 0 Å². The van der Waals surface area contributed by atoms with Gasteiger partial charge in [0.1, 0.15) is 5.01 Å². The molecule has 1 aromatic heterocycles. The number of aromatic nitrogens is 1. The van der Waals surface area contributed by atoms with Gasteiger partial charge in [0.25, 0.3) is 0 Å². The number of aliphatic carboxylic acids is 1. The van der Waals surface area contributed by atoms with E-state index >= 15 is 0 Å². The molecular weight excluding hydrogens is 236 g/mol. The van der Waals surface area contributed by atoms with Gasteiger partial charge in [0.05, 0.1) is 0 Å². The molecule has 1 aromatic carbocycles. The molecule has 0 saturated heterocycles. The molecule has 0 aliphatic rings.